The maximum absolute atomic E-state index is 11.9. The summed E-state index contributed by atoms with van der Waals surface area (Å²) in [6.07, 6.45) is 7.62. The summed E-state index contributed by atoms with van der Waals surface area (Å²) in [5.74, 6) is 0.383. The fourth-order valence-corrected chi connectivity index (χ4v) is 2.20. The van der Waals surface area contributed by atoms with Gasteiger partial charge in [0.25, 0.3) is 5.91 Å². The molecule has 8 heteroatoms. The maximum atomic E-state index is 11.9. The summed E-state index contributed by atoms with van der Waals surface area (Å²) in [6, 6.07) is 4.30. The molecule has 1 fully saturated rings. The lowest BCUT2D eigenvalue weighted by molar-refractivity contribution is -0.115. The molecule has 1 amide bonds. The molecular formula is C14H15Cl2N5O. The van der Waals surface area contributed by atoms with Crippen LogP contribution in [0.15, 0.2) is 35.2 Å². The van der Waals surface area contributed by atoms with Crippen LogP contribution in [0, 0.1) is 0 Å². The van der Waals surface area contributed by atoms with Gasteiger partial charge in [0.15, 0.2) is 0 Å². The summed E-state index contributed by atoms with van der Waals surface area (Å²) in [6.45, 7) is 0. The van der Waals surface area contributed by atoms with Crippen LogP contribution in [0.5, 0.6) is 0 Å². The van der Waals surface area contributed by atoms with Gasteiger partial charge in [0, 0.05) is 29.4 Å². The van der Waals surface area contributed by atoms with Crippen LogP contribution in [0.1, 0.15) is 18.4 Å². The molecule has 1 aliphatic carbocycles. The normalized spacial score (nSPS) is 18.5. The molecule has 3 heterocycles. The number of halogens is 2. The predicted molar refractivity (Wildman–Crippen MR) is 90.3 cm³/mol. The van der Waals surface area contributed by atoms with Gasteiger partial charge in [-0.05, 0) is 31.1 Å². The second-order valence-corrected chi connectivity index (χ2v) is 5.01. The van der Waals surface area contributed by atoms with Crippen LogP contribution in [0.3, 0.4) is 0 Å². The topological polar surface area (TPSA) is 82.2 Å². The van der Waals surface area contributed by atoms with E-state index in [1.54, 1.807) is 12.3 Å². The fourth-order valence-electron chi connectivity index (χ4n) is 2.20. The molecule has 22 heavy (non-hydrogen) atoms. The Labute approximate surface area is 139 Å². The molecule has 1 aliphatic heterocycles. The first-order valence-electron chi connectivity index (χ1n) is 6.60. The second kappa shape index (κ2) is 6.37. The lowest BCUT2D eigenvalue weighted by Crippen LogP contribution is -2.37. The number of nitrogens with zero attached hydrogens (tertiary/aromatic N) is 2. The largest absolute Gasteiger partial charge is 0.353 e. The first-order chi connectivity index (χ1) is 9.79. The van der Waals surface area contributed by atoms with Crippen LogP contribution >= 0.6 is 24.8 Å². The molecule has 0 aromatic carbocycles. The Kier molecular flexibility index (Phi) is 4.73. The lowest BCUT2D eigenvalue weighted by atomic mass is 10.2. The highest BCUT2D eigenvalue weighted by molar-refractivity contribution is 6.14. The maximum Gasteiger partial charge on any atom is 0.276 e. The number of nitrogens with one attached hydrogen (secondary N) is 3. The van der Waals surface area contributed by atoms with Gasteiger partial charge >= 0.3 is 0 Å². The quantitative estimate of drug-likeness (QED) is 0.731. The molecule has 4 rings (SSSR count). The molecule has 0 bridgehead atoms. The Morgan fingerprint density at radius 3 is 2.91 bits per heavy atom. The van der Waals surface area contributed by atoms with Gasteiger partial charge in [-0.3, -0.25) is 10.1 Å². The number of guanidine groups is 1. The molecule has 2 aromatic rings. The lowest BCUT2D eigenvalue weighted by Gasteiger charge is -2.00. The Hall–Kier alpha value is -2.05. The van der Waals surface area contributed by atoms with Gasteiger partial charge in [-0.25, -0.2) is 9.98 Å². The van der Waals surface area contributed by atoms with Gasteiger partial charge in [0.05, 0.1) is 0 Å². The summed E-state index contributed by atoms with van der Waals surface area (Å²) >= 11 is 0. The van der Waals surface area contributed by atoms with Gasteiger partial charge in [0.2, 0.25) is 5.96 Å². The zero-order chi connectivity index (χ0) is 13.5. The molecule has 2 aromatic heterocycles. The molecule has 0 spiro atoms. The highest BCUT2D eigenvalue weighted by Crippen LogP contribution is 2.22. The number of aromatic nitrogens is 2. The number of fused-ring (bicyclic) bond motifs is 1. The molecule has 0 unspecified atom stereocenters. The van der Waals surface area contributed by atoms with Crippen molar-refractivity contribution in [2.45, 2.75) is 18.9 Å². The molecular weight excluding hydrogens is 325 g/mol. The number of carbonyl (C=O) groups excluding carboxylic acids is 1. The van der Waals surface area contributed by atoms with Crippen LogP contribution in [-0.2, 0) is 4.79 Å². The number of H-pyrrole nitrogens is 1. The average molecular weight is 340 g/mol. The predicted octanol–water partition coefficient (Wildman–Crippen LogP) is 1.99. The van der Waals surface area contributed by atoms with Crippen molar-refractivity contribution in [3.05, 3.63) is 35.8 Å². The van der Waals surface area contributed by atoms with E-state index in [1.807, 2.05) is 18.3 Å². The summed E-state index contributed by atoms with van der Waals surface area (Å²) in [4.78, 5) is 23.5. The zero-order valence-corrected chi connectivity index (χ0v) is 13.1. The van der Waals surface area contributed by atoms with Crippen molar-refractivity contribution >= 4 is 53.8 Å². The van der Waals surface area contributed by atoms with Crippen molar-refractivity contribution in [3.63, 3.8) is 0 Å². The zero-order valence-electron chi connectivity index (χ0n) is 11.5. The summed E-state index contributed by atoms with van der Waals surface area (Å²) < 4.78 is 0. The summed E-state index contributed by atoms with van der Waals surface area (Å²) in [5, 5.41) is 6.91. The minimum atomic E-state index is -0.175. The number of carbonyl (C=O) groups is 1. The van der Waals surface area contributed by atoms with E-state index >= 15 is 0 Å². The van der Waals surface area contributed by atoms with E-state index in [-0.39, 0.29) is 30.7 Å². The smallest absolute Gasteiger partial charge is 0.276 e. The van der Waals surface area contributed by atoms with Gasteiger partial charge in [-0.1, -0.05) is 0 Å². The first-order valence-corrected chi connectivity index (χ1v) is 6.60. The van der Waals surface area contributed by atoms with E-state index in [0.717, 1.165) is 29.4 Å². The molecule has 0 radical (unpaired) electrons. The first kappa shape index (κ1) is 16.3. The van der Waals surface area contributed by atoms with Gasteiger partial charge in [-0.2, -0.15) is 0 Å². The minimum Gasteiger partial charge on any atom is -0.353 e. The van der Waals surface area contributed by atoms with E-state index in [9.17, 15) is 4.79 Å². The third-order valence-electron chi connectivity index (χ3n) is 3.39. The molecule has 3 N–H and O–H groups in total. The van der Waals surface area contributed by atoms with Gasteiger partial charge < -0.3 is 10.3 Å². The van der Waals surface area contributed by atoms with E-state index in [4.69, 9.17) is 0 Å². The standard InChI is InChI=1S/C14H13N5O.2ClH/c20-13-11(18-14(19-13)17-9-3-4-9)6-8-7-16-12-10(8)2-1-5-15-12;;/h1-2,5-7,9H,3-4H2,(H,15,16)(H2,17,18,19,20);2*1H. The molecule has 1 saturated carbocycles. The van der Waals surface area contributed by atoms with Crippen molar-refractivity contribution in [2.75, 3.05) is 0 Å². The SMILES string of the molecule is Cl.Cl.O=C1NC(NC2CC2)=NC1=Cc1c[nH]c2ncccc12. The Morgan fingerprint density at radius 1 is 1.32 bits per heavy atom. The fraction of sp³-hybridized carbons (Fsp3) is 0.214. The van der Waals surface area contributed by atoms with E-state index in [1.165, 1.54) is 0 Å². The monoisotopic (exact) mass is 339 g/mol. The number of aromatic amines is 1. The van der Waals surface area contributed by atoms with Crippen LogP contribution < -0.4 is 10.6 Å². The van der Waals surface area contributed by atoms with Gasteiger partial charge in [0.1, 0.15) is 11.3 Å². The molecule has 0 atom stereocenters. The third kappa shape index (κ3) is 3.08. The van der Waals surface area contributed by atoms with Crippen molar-refractivity contribution in [1.29, 1.82) is 0 Å². The van der Waals surface area contributed by atoms with E-state index in [0.29, 0.717) is 17.7 Å². The minimum absolute atomic E-state index is 0. The summed E-state index contributed by atoms with van der Waals surface area (Å²) in [7, 11) is 0. The third-order valence-corrected chi connectivity index (χ3v) is 3.39. The van der Waals surface area contributed by atoms with Crippen LogP contribution in [-0.4, -0.2) is 27.9 Å². The molecule has 116 valence electrons. The number of hydrogen-bond donors (Lipinski definition) is 3. The van der Waals surface area contributed by atoms with Crippen molar-refractivity contribution in [1.82, 2.24) is 20.6 Å². The van der Waals surface area contributed by atoms with Crippen molar-refractivity contribution in [3.8, 4) is 0 Å². The van der Waals surface area contributed by atoms with Crippen LogP contribution in [0.2, 0.25) is 0 Å². The number of hydrogen-bond acceptors (Lipinski definition) is 4. The average Bonchev–Trinajstić information content (AvgIpc) is 3.07. The second-order valence-electron chi connectivity index (χ2n) is 5.01. The van der Waals surface area contributed by atoms with Crippen LogP contribution in [0.25, 0.3) is 17.1 Å². The highest BCUT2D eigenvalue weighted by atomic mass is 35.5. The number of pyridine rings is 1. The Bertz CT molecular complexity index is 763. The van der Waals surface area contributed by atoms with Crippen molar-refractivity contribution in [2.24, 2.45) is 4.99 Å². The Morgan fingerprint density at radius 2 is 2.14 bits per heavy atom. The van der Waals surface area contributed by atoms with E-state index in [2.05, 4.69) is 25.6 Å². The number of amides is 1. The Balaban J connectivity index is 0.000000882. The highest BCUT2D eigenvalue weighted by Gasteiger charge is 2.27. The summed E-state index contributed by atoms with van der Waals surface area (Å²) in [5.41, 5.74) is 2.13. The number of aliphatic imine (C=N–C) groups is 1. The van der Waals surface area contributed by atoms with Gasteiger partial charge in [-0.15, -0.1) is 24.8 Å². The van der Waals surface area contributed by atoms with Crippen LogP contribution in [0.4, 0.5) is 0 Å². The molecule has 6 nitrogen and oxygen atoms in total. The van der Waals surface area contributed by atoms with E-state index < -0.39 is 0 Å². The van der Waals surface area contributed by atoms with Crippen molar-refractivity contribution < 1.29 is 4.79 Å². The number of rotatable bonds is 2. The molecule has 2 aliphatic rings. The molecule has 0 saturated heterocycles.